The van der Waals surface area contributed by atoms with Gasteiger partial charge in [0.1, 0.15) is 0 Å². The number of fused-ring (bicyclic) bond motifs is 5. The van der Waals surface area contributed by atoms with Crippen molar-refractivity contribution in [1.82, 2.24) is 0 Å². The Bertz CT molecular complexity index is 668. The second kappa shape index (κ2) is 15.6. The lowest BCUT2D eigenvalue weighted by molar-refractivity contribution is -0.118. The summed E-state index contributed by atoms with van der Waals surface area (Å²) in [6, 6.07) is 0. The Morgan fingerprint density at radius 2 is 1.44 bits per heavy atom. The van der Waals surface area contributed by atoms with Crippen molar-refractivity contribution >= 4 is 5.91 Å². The van der Waals surface area contributed by atoms with E-state index >= 15 is 0 Å². The quantitative estimate of drug-likeness (QED) is 0.379. The van der Waals surface area contributed by atoms with Crippen molar-refractivity contribution in [1.29, 1.82) is 0 Å². The minimum Gasteiger partial charge on any atom is -0.370 e. The zero-order valence-corrected chi connectivity index (χ0v) is 26.9. The molecule has 3 saturated carbocycles. The molecule has 0 spiro atoms. The molecule has 0 aliphatic heterocycles. The topological polar surface area (TPSA) is 43.1 Å². The number of carbonyl (C=O) groups excluding carboxylic acids is 1. The van der Waals surface area contributed by atoms with Crippen molar-refractivity contribution in [2.24, 2.45) is 39.2 Å². The highest BCUT2D eigenvalue weighted by Gasteiger charge is 2.63. The van der Waals surface area contributed by atoms with Crippen LogP contribution in [-0.4, -0.2) is 5.91 Å². The van der Waals surface area contributed by atoms with Crippen LogP contribution in [-0.2, 0) is 4.79 Å². The molecule has 0 aromatic carbocycles. The average molecular weight is 506 g/mol. The first-order chi connectivity index (χ1) is 17.1. The van der Waals surface area contributed by atoms with Crippen molar-refractivity contribution in [3.8, 4) is 0 Å². The van der Waals surface area contributed by atoms with Crippen LogP contribution >= 0.6 is 0 Å². The predicted molar refractivity (Wildman–Crippen MR) is 162 cm³/mol. The van der Waals surface area contributed by atoms with Crippen LogP contribution in [0.5, 0.6) is 0 Å². The maximum Gasteiger partial charge on any atom is 0.217 e. The molecule has 0 aromatic heterocycles. The molecule has 0 saturated heterocycles. The Labute approximate surface area is 228 Å². The van der Waals surface area contributed by atoms with Gasteiger partial charge in [-0.05, 0) is 91.3 Å². The molecule has 0 radical (unpaired) electrons. The number of carbonyl (C=O) groups is 1. The van der Waals surface area contributed by atoms with Gasteiger partial charge in [-0.25, -0.2) is 0 Å². The minimum absolute atomic E-state index is 0.135. The average Bonchev–Trinajstić information content (AvgIpc) is 3.21. The fourth-order valence-corrected chi connectivity index (χ4v) is 8.54. The first-order valence-electron chi connectivity index (χ1n) is 16.1. The number of hydrogen-bond acceptors (Lipinski definition) is 1. The molecule has 36 heavy (non-hydrogen) atoms. The second-order valence-corrected chi connectivity index (χ2v) is 12.2. The van der Waals surface area contributed by atoms with E-state index in [1.54, 1.807) is 0 Å². The summed E-state index contributed by atoms with van der Waals surface area (Å²) in [5.41, 5.74) is 9.00. The van der Waals surface area contributed by atoms with Gasteiger partial charge in [0.15, 0.2) is 0 Å². The Morgan fingerprint density at radius 1 is 0.889 bits per heavy atom. The number of primary amides is 1. The van der Waals surface area contributed by atoms with E-state index in [2.05, 4.69) is 47.6 Å². The van der Waals surface area contributed by atoms with Gasteiger partial charge in [0.25, 0.3) is 0 Å². The Kier molecular flexibility index (Phi) is 15.2. The summed E-state index contributed by atoms with van der Waals surface area (Å²) in [5, 5.41) is 0. The van der Waals surface area contributed by atoms with Crippen molar-refractivity contribution in [3.05, 3.63) is 11.6 Å². The monoisotopic (exact) mass is 506 g/mol. The molecule has 2 heteroatoms. The van der Waals surface area contributed by atoms with Crippen LogP contribution in [0.25, 0.3) is 0 Å². The SMILES string of the molecule is CC.CC.CC.CC12CCC3(C)CCCCC3(C)C1=CCC1(C)C(CCCC(N)=O)CCC21.CCC. The molecule has 4 aliphatic carbocycles. The largest absolute Gasteiger partial charge is 0.370 e. The number of hydrogen-bond donors (Lipinski definition) is 1. The van der Waals surface area contributed by atoms with Gasteiger partial charge in [0.2, 0.25) is 5.91 Å². The molecule has 6 unspecified atom stereocenters. The number of allylic oxidation sites excluding steroid dienone is 2. The third kappa shape index (κ3) is 6.79. The molecule has 4 aliphatic rings. The highest BCUT2D eigenvalue weighted by Crippen LogP contribution is 2.73. The Hall–Kier alpha value is -0.790. The summed E-state index contributed by atoms with van der Waals surface area (Å²) in [6.45, 7) is 26.7. The van der Waals surface area contributed by atoms with E-state index in [-0.39, 0.29) is 5.91 Å². The van der Waals surface area contributed by atoms with Gasteiger partial charge < -0.3 is 5.73 Å². The van der Waals surface area contributed by atoms with E-state index in [9.17, 15) is 4.79 Å². The lowest BCUT2D eigenvalue weighted by Gasteiger charge is -2.65. The van der Waals surface area contributed by atoms with E-state index in [0.717, 1.165) is 18.3 Å². The van der Waals surface area contributed by atoms with E-state index in [4.69, 9.17) is 5.73 Å². The Balaban J connectivity index is 0.00000122. The lowest BCUT2D eigenvalue weighted by atomic mass is 9.39. The van der Waals surface area contributed by atoms with Crippen molar-refractivity contribution in [3.63, 3.8) is 0 Å². The number of amides is 1. The third-order valence-corrected chi connectivity index (χ3v) is 10.4. The molecular weight excluding hydrogens is 438 g/mol. The summed E-state index contributed by atoms with van der Waals surface area (Å²) >= 11 is 0. The summed E-state index contributed by atoms with van der Waals surface area (Å²) in [6.07, 6.45) is 19.2. The molecule has 2 nitrogen and oxygen atoms in total. The van der Waals surface area contributed by atoms with E-state index in [0.29, 0.717) is 28.1 Å². The van der Waals surface area contributed by atoms with Gasteiger partial charge in [-0.3, -0.25) is 4.79 Å². The minimum atomic E-state index is -0.135. The first-order valence-corrected chi connectivity index (χ1v) is 16.1. The zero-order chi connectivity index (χ0) is 28.2. The van der Waals surface area contributed by atoms with Crippen LogP contribution in [0, 0.1) is 33.5 Å². The van der Waals surface area contributed by atoms with Gasteiger partial charge in [-0.2, -0.15) is 0 Å². The summed E-state index contributed by atoms with van der Waals surface area (Å²) < 4.78 is 0. The molecule has 2 N–H and O–H groups in total. The van der Waals surface area contributed by atoms with Crippen LogP contribution < -0.4 is 5.73 Å². The first kappa shape index (κ1) is 35.2. The van der Waals surface area contributed by atoms with Crippen molar-refractivity contribution < 1.29 is 4.79 Å². The normalized spacial score (nSPS) is 37.7. The molecule has 3 fully saturated rings. The van der Waals surface area contributed by atoms with Crippen molar-refractivity contribution in [2.45, 2.75) is 167 Å². The fraction of sp³-hybridized carbons (Fsp3) is 0.912. The standard InChI is InChI=1S/C25H41NO.C3H8.3C2H6/c1-22-13-5-6-14-25(22,4)20-12-15-23(2)18(8-7-9-21(26)27)10-11-19(23)24(20,3)17-16-22;1-3-2;3*1-2/h12,18-19H,5-11,13-17H2,1-4H3,(H2,26,27);3H2,1-2H3;3*1-2H3. The zero-order valence-electron chi connectivity index (χ0n) is 26.9. The third-order valence-electron chi connectivity index (χ3n) is 10.4. The Morgan fingerprint density at radius 3 is 2.00 bits per heavy atom. The predicted octanol–water partition coefficient (Wildman–Crippen LogP) is 10.9. The maximum atomic E-state index is 11.2. The highest BCUT2D eigenvalue weighted by molar-refractivity contribution is 5.73. The highest BCUT2D eigenvalue weighted by atomic mass is 16.1. The molecule has 4 rings (SSSR count). The number of rotatable bonds is 4. The van der Waals surface area contributed by atoms with Gasteiger partial charge in [0.05, 0.1) is 0 Å². The van der Waals surface area contributed by atoms with E-state index < -0.39 is 0 Å². The molecule has 0 aromatic rings. The van der Waals surface area contributed by atoms with Crippen LogP contribution in [0.3, 0.4) is 0 Å². The second-order valence-electron chi connectivity index (χ2n) is 12.2. The smallest absolute Gasteiger partial charge is 0.217 e. The molecule has 214 valence electrons. The molecule has 0 heterocycles. The van der Waals surface area contributed by atoms with Crippen LogP contribution in [0.2, 0.25) is 0 Å². The van der Waals surface area contributed by atoms with Gasteiger partial charge in [-0.1, -0.05) is 114 Å². The summed E-state index contributed by atoms with van der Waals surface area (Å²) in [5.74, 6) is 1.46. The van der Waals surface area contributed by atoms with Crippen molar-refractivity contribution in [2.75, 3.05) is 0 Å². The lowest BCUT2D eigenvalue weighted by Crippen LogP contribution is -2.55. The molecular formula is C34H67NO. The summed E-state index contributed by atoms with van der Waals surface area (Å²) in [7, 11) is 0. The van der Waals surface area contributed by atoms with Crippen LogP contribution in [0.1, 0.15) is 167 Å². The van der Waals surface area contributed by atoms with Crippen LogP contribution in [0.15, 0.2) is 11.6 Å². The molecule has 0 bridgehead atoms. The van der Waals surface area contributed by atoms with Gasteiger partial charge >= 0.3 is 0 Å². The van der Waals surface area contributed by atoms with Gasteiger partial charge in [0, 0.05) is 6.42 Å². The van der Waals surface area contributed by atoms with E-state index in [1.165, 1.54) is 70.6 Å². The fourth-order valence-electron chi connectivity index (χ4n) is 8.54. The van der Waals surface area contributed by atoms with E-state index in [1.807, 2.05) is 47.1 Å². The number of nitrogens with two attached hydrogens (primary N) is 1. The van der Waals surface area contributed by atoms with Crippen LogP contribution in [0.4, 0.5) is 0 Å². The van der Waals surface area contributed by atoms with Gasteiger partial charge in [-0.15, -0.1) is 0 Å². The molecule has 6 atom stereocenters. The summed E-state index contributed by atoms with van der Waals surface area (Å²) in [4.78, 5) is 11.2. The maximum absolute atomic E-state index is 11.2. The molecule has 1 amide bonds.